The average Bonchev–Trinajstić information content (AvgIpc) is 2.19. The third-order valence-electron chi connectivity index (χ3n) is 2.42. The molecule has 0 aliphatic rings. The van der Waals surface area contributed by atoms with Gasteiger partial charge >= 0.3 is 0 Å². The van der Waals surface area contributed by atoms with Crippen LogP contribution in [0.2, 0.25) is 0 Å². The minimum absolute atomic E-state index is 0.0575. The van der Waals surface area contributed by atoms with Crippen molar-refractivity contribution in [3.63, 3.8) is 0 Å². The van der Waals surface area contributed by atoms with Crippen molar-refractivity contribution in [3.8, 4) is 0 Å². The lowest BCUT2D eigenvalue weighted by molar-refractivity contribution is 0.578. The van der Waals surface area contributed by atoms with E-state index < -0.39 is 0 Å². The largest absolute Gasteiger partial charge is 0.324 e. The van der Waals surface area contributed by atoms with Gasteiger partial charge in [-0.3, -0.25) is 0 Å². The van der Waals surface area contributed by atoms with E-state index in [1.165, 1.54) is 25.0 Å². The third-order valence-corrected chi connectivity index (χ3v) is 2.42. The predicted octanol–water partition coefficient (Wildman–Crippen LogP) is 3.41. The summed E-state index contributed by atoms with van der Waals surface area (Å²) in [5, 5.41) is 0. The Morgan fingerprint density at radius 1 is 1.21 bits per heavy atom. The Labute approximate surface area is 85.1 Å². The standard InChI is InChI=1S/C12H18FN/c1-2-3-4-5-12(14)10-6-8-11(13)9-7-10/h6-9,12H,2-5,14H2,1H3/t12-/m1/s1. The molecule has 0 saturated carbocycles. The Balaban J connectivity index is 2.43. The molecule has 1 nitrogen and oxygen atoms in total. The Hall–Kier alpha value is -0.890. The molecular formula is C12H18FN. The molecule has 1 rings (SSSR count). The molecule has 0 heterocycles. The van der Waals surface area contributed by atoms with Crippen LogP contribution in [0.25, 0.3) is 0 Å². The van der Waals surface area contributed by atoms with E-state index in [1.807, 2.05) is 0 Å². The van der Waals surface area contributed by atoms with Crippen LogP contribution >= 0.6 is 0 Å². The third kappa shape index (κ3) is 3.46. The van der Waals surface area contributed by atoms with E-state index in [0.717, 1.165) is 18.4 Å². The summed E-state index contributed by atoms with van der Waals surface area (Å²) in [7, 11) is 0. The second-order valence-electron chi connectivity index (χ2n) is 3.65. The Bertz CT molecular complexity index is 256. The molecule has 0 radical (unpaired) electrons. The van der Waals surface area contributed by atoms with Crippen molar-refractivity contribution in [1.29, 1.82) is 0 Å². The summed E-state index contributed by atoms with van der Waals surface area (Å²) >= 11 is 0. The second-order valence-corrected chi connectivity index (χ2v) is 3.65. The van der Waals surface area contributed by atoms with Crippen molar-refractivity contribution >= 4 is 0 Å². The highest BCUT2D eigenvalue weighted by atomic mass is 19.1. The fourth-order valence-corrected chi connectivity index (χ4v) is 1.49. The normalized spacial score (nSPS) is 12.8. The molecule has 0 spiro atoms. The van der Waals surface area contributed by atoms with Crippen LogP contribution in [0.5, 0.6) is 0 Å². The van der Waals surface area contributed by atoms with Crippen LogP contribution in [0, 0.1) is 5.82 Å². The van der Waals surface area contributed by atoms with Crippen LogP contribution in [0.1, 0.15) is 44.2 Å². The van der Waals surface area contributed by atoms with Crippen LogP contribution in [-0.2, 0) is 0 Å². The van der Waals surface area contributed by atoms with E-state index in [9.17, 15) is 4.39 Å². The first kappa shape index (κ1) is 11.2. The molecule has 0 aliphatic heterocycles. The summed E-state index contributed by atoms with van der Waals surface area (Å²) < 4.78 is 12.6. The maximum atomic E-state index is 12.6. The Morgan fingerprint density at radius 3 is 2.43 bits per heavy atom. The highest BCUT2D eigenvalue weighted by Gasteiger charge is 2.04. The van der Waals surface area contributed by atoms with Gasteiger partial charge in [0.25, 0.3) is 0 Å². The molecule has 78 valence electrons. The number of nitrogens with two attached hydrogens (primary N) is 1. The van der Waals surface area contributed by atoms with Crippen LogP contribution in [0.4, 0.5) is 4.39 Å². The zero-order valence-corrected chi connectivity index (χ0v) is 8.67. The fourth-order valence-electron chi connectivity index (χ4n) is 1.49. The summed E-state index contributed by atoms with van der Waals surface area (Å²) in [6.07, 6.45) is 4.56. The molecule has 1 aromatic rings. The number of halogens is 1. The van der Waals surface area contributed by atoms with Gasteiger partial charge in [0.15, 0.2) is 0 Å². The number of benzene rings is 1. The monoisotopic (exact) mass is 195 g/mol. The molecule has 14 heavy (non-hydrogen) atoms. The van der Waals surface area contributed by atoms with Crippen LogP contribution in [0.3, 0.4) is 0 Å². The molecule has 0 aliphatic carbocycles. The van der Waals surface area contributed by atoms with Crippen LogP contribution in [0.15, 0.2) is 24.3 Å². The van der Waals surface area contributed by atoms with Crippen molar-refractivity contribution in [2.24, 2.45) is 5.73 Å². The first-order chi connectivity index (χ1) is 6.74. The van der Waals surface area contributed by atoms with Gasteiger partial charge in [-0.05, 0) is 24.1 Å². The van der Waals surface area contributed by atoms with Gasteiger partial charge in [0, 0.05) is 6.04 Å². The van der Waals surface area contributed by atoms with E-state index in [2.05, 4.69) is 6.92 Å². The Morgan fingerprint density at radius 2 is 1.86 bits per heavy atom. The van der Waals surface area contributed by atoms with E-state index in [0.29, 0.717) is 0 Å². The Kier molecular flexibility index (Phi) is 4.60. The van der Waals surface area contributed by atoms with Gasteiger partial charge in [-0.15, -0.1) is 0 Å². The van der Waals surface area contributed by atoms with Crippen molar-refractivity contribution in [2.75, 3.05) is 0 Å². The minimum atomic E-state index is -0.200. The average molecular weight is 195 g/mol. The quantitative estimate of drug-likeness (QED) is 0.716. The molecule has 0 bridgehead atoms. The van der Waals surface area contributed by atoms with E-state index in [4.69, 9.17) is 5.73 Å². The summed E-state index contributed by atoms with van der Waals surface area (Å²) in [5.74, 6) is -0.200. The molecule has 2 heteroatoms. The fraction of sp³-hybridized carbons (Fsp3) is 0.500. The molecule has 0 unspecified atom stereocenters. The van der Waals surface area contributed by atoms with Crippen molar-refractivity contribution < 1.29 is 4.39 Å². The first-order valence-electron chi connectivity index (χ1n) is 5.25. The summed E-state index contributed by atoms with van der Waals surface area (Å²) in [5.41, 5.74) is 6.99. The molecule has 1 aromatic carbocycles. The SMILES string of the molecule is CCCCC[C@@H](N)c1ccc(F)cc1. The van der Waals surface area contributed by atoms with Gasteiger partial charge in [0.05, 0.1) is 0 Å². The number of rotatable bonds is 5. The molecule has 0 amide bonds. The van der Waals surface area contributed by atoms with Crippen molar-refractivity contribution in [2.45, 2.75) is 38.6 Å². The topological polar surface area (TPSA) is 26.0 Å². The number of hydrogen-bond donors (Lipinski definition) is 1. The van der Waals surface area contributed by atoms with Gasteiger partial charge in [0.2, 0.25) is 0 Å². The number of hydrogen-bond acceptors (Lipinski definition) is 1. The molecular weight excluding hydrogens is 177 g/mol. The van der Waals surface area contributed by atoms with Crippen molar-refractivity contribution in [1.82, 2.24) is 0 Å². The molecule has 0 saturated heterocycles. The van der Waals surface area contributed by atoms with E-state index in [1.54, 1.807) is 12.1 Å². The lowest BCUT2D eigenvalue weighted by Crippen LogP contribution is -2.09. The highest BCUT2D eigenvalue weighted by molar-refractivity contribution is 5.19. The lowest BCUT2D eigenvalue weighted by Gasteiger charge is -2.11. The minimum Gasteiger partial charge on any atom is -0.324 e. The van der Waals surface area contributed by atoms with Crippen LogP contribution in [-0.4, -0.2) is 0 Å². The maximum Gasteiger partial charge on any atom is 0.123 e. The lowest BCUT2D eigenvalue weighted by atomic mass is 10.0. The van der Waals surface area contributed by atoms with Gasteiger partial charge in [-0.1, -0.05) is 38.3 Å². The van der Waals surface area contributed by atoms with E-state index >= 15 is 0 Å². The highest BCUT2D eigenvalue weighted by Crippen LogP contribution is 2.17. The summed E-state index contributed by atoms with van der Waals surface area (Å²) in [4.78, 5) is 0. The van der Waals surface area contributed by atoms with Gasteiger partial charge in [-0.25, -0.2) is 4.39 Å². The molecule has 0 fully saturated rings. The second kappa shape index (κ2) is 5.76. The zero-order chi connectivity index (χ0) is 10.4. The maximum absolute atomic E-state index is 12.6. The molecule has 0 aromatic heterocycles. The molecule has 2 N–H and O–H groups in total. The van der Waals surface area contributed by atoms with Gasteiger partial charge in [-0.2, -0.15) is 0 Å². The van der Waals surface area contributed by atoms with Crippen molar-refractivity contribution in [3.05, 3.63) is 35.6 Å². The number of unbranched alkanes of at least 4 members (excludes halogenated alkanes) is 2. The summed E-state index contributed by atoms with van der Waals surface area (Å²) in [6.45, 7) is 2.17. The molecule has 1 atom stereocenters. The van der Waals surface area contributed by atoms with Crippen LogP contribution < -0.4 is 5.73 Å². The van der Waals surface area contributed by atoms with Gasteiger partial charge < -0.3 is 5.73 Å². The van der Waals surface area contributed by atoms with E-state index in [-0.39, 0.29) is 11.9 Å². The first-order valence-corrected chi connectivity index (χ1v) is 5.25. The smallest absolute Gasteiger partial charge is 0.123 e. The summed E-state index contributed by atoms with van der Waals surface area (Å²) in [6, 6.07) is 6.53. The predicted molar refractivity (Wildman–Crippen MR) is 57.5 cm³/mol. The van der Waals surface area contributed by atoms with Gasteiger partial charge in [0.1, 0.15) is 5.82 Å². The zero-order valence-electron chi connectivity index (χ0n) is 8.67.